The summed E-state index contributed by atoms with van der Waals surface area (Å²) in [7, 11) is -1.62. The van der Waals surface area contributed by atoms with Crippen molar-refractivity contribution in [3.05, 3.63) is 60.2 Å². The monoisotopic (exact) mass is 430 g/mol. The fourth-order valence-corrected chi connectivity index (χ4v) is 5.57. The number of thioether (sulfide) groups is 1. The number of sulfonamides is 1. The molecule has 0 amide bonds. The zero-order valence-electron chi connectivity index (χ0n) is 17.1. The first kappa shape index (κ1) is 21.5. The number of hydrogen-bond acceptors (Lipinski definition) is 5. The van der Waals surface area contributed by atoms with Gasteiger partial charge in [-0.2, -0.15) is 4.31 Å². The largest absolute Gasteiger partial charge is 0.305 e. The van der Waals surface area contributed by atoms with Crippen LogP contribution in [0.15, 0.2) is 64.6 Å². The normalized spacial score (nSPS) is 13.0. The maximum absolute atomic E-state index is 12.8. The van der Waals surface area contributed by atoms with Crippen LogP contribution in [0.5, 0.6) is 0 Å². The van der Waals surface area contributed by atoms with Crippen molar-refractivity contribution in [2.24, 2.45) is 7.05 Å². The molecule has 0 N–H and O–H groups in total. The Balaban J connectivity index is 1.89. The summed E-state index contributed by atoms with van der Waals surface area (Å²) in [6.07, 6.45) is 0. The minimum absolute atomic E-state index is 0.223. The summed E-state index contributed by atoms with van der Waals surface area (Å²) in [5, 5.41) is 9.67. The highest BCUT2D eigenvalue weighted by molar-refractivity contribution is 7.99. The second-order valence-corrected chi connectivity index (χ2v) is 9.90. The average molecular weight is 431 g/mol. The lowest BCUT2D eigenvalue weighted by atomic mass is 10.2. The molecule has 1 heterocycles. The molecular weight excluding hydrogens is 404 g/mol. The van der Waals surface area contributed by atoms with Gasteiger partial charge >= 0.3 is 0 Å². The third kappa shape index (κ3) is 4.55. The van der Waals surface area contributed by atoms with Gasteiger partial charge in [0.15, 0.2) is 11.0 Å². The molecule has 0 aliphatic carbocycles. The fourth-order valence-electron chi connectivity index (χ4n) is 3.13. The van der Waals surface area contributed by atoms with Crippen LogP contribution in [0.1, 0.15) is 31.6 Å². The van der Waals surface area contributed by atoms with Crippen LogP contribution in [0.3, 0.4) is 0 Å². The molecule has 3 rings (SSSR count). The topological polar surface area (TPSA) is 68.1 Å². The van der Waals surface area contributed by atoms with Crippen LogP contribution in [0, 0.1) is 0 Å². The van der Waals surface area contributed by atoms with Gasteiger partial charge in [0.2, 0.25) is 10.0 Å². The van der Waals surface area contributed by atoms with Gasteiger partial charge in [-0.05, 0) is 24.6 Å². The Hall–Kier alpha value is -2.16. The highest BCUT2D eigenvalue weighted by Gasteiger charge is 2.23. The van der Waals surface area contributed by atoms with Crippen molar-refractivity contribution >= 4 is 21.8 Å². The molecule has 8 heteroatoms. The second kappa shape index (κ2) is 9.11. The summed E-state index contributed by atoms with van der Waals surface area (Å²) in [6, 6.07) is 17.1. The van der Waals surface area contributed by atoms with Gasteiger partial charge in [0.1, 0.15) is 0 Å². The third-order valence-corrected chi connectivity index (χ3v) is 8.06. The van der Waals surface area contributed by atoms with Crippen molar-refractivity contribution in [3.8, 4) is 11.4 Å². The van der Waals surface area contributed by atoms with Gasteiger partial charge in [-0.25, -0.2) is 8.42 Å². The molecule has 0 aliphatic rings. The van der Waals surface area contributed by atoms with Gasteiger partial charge in [-0.1, -0.05) is 68.1 Å². The number of hydrogen-bond donors (Lipinski definition) is 0. The molecule has 29 heavy (non-hydrogen) atoms. The van der Waals surface area contributed by atoms with Crippen LogP contribution in [0.25, 0.3) is 11.4 Å². The molecule has 154 valence electrons. The molecular formula is C21H26N4O2S2. The predicted octanol–water partition coefficient (Wildman–Crippen LogP) is 4.37. The fraction of sp³-hybridized carbons (Fsp3) is 0.333. The number of benzene rings is 2. The molecule has 1 unspecified atom stereocenters. The maximum Gasteiger partial charge on any atom is 0.243 e. The molecule has 3 aromatic rings. The Labute approximate surface area is 177 Å². The Morgan fingerprint density at radius 2 is 1.72 bits per heavy atom. The lowest BCUT2D eigenvalue weighted by Crippen LogP contribution is -2.30. The molecule has 0 radical (unpaired) electrons. The van der Waals surface area contributed by atoms with Crippen molar-refractivity contribution in [3.63, 3.8) is 0 Å². The molecule has 2 aromatic carbocycles. The van der Waals surface area contributed by atoms with E-state index in [1.165, 1.54) is 9.87 Å². The first-order valence-electron chi connectivity index (χ1n) is 9.60. The molecule has 0 saturated carbocycles. The van der Waals surface area contributed by atoms with Gasteiger partial charge < -0.3 is 4.57 Å². The number of aromatic nitrogens is 3. The molecule has 0 spiro atoms. The van der Waals surface area contributed by atoms with E-state index < -0.39 is 10.0 Å². The lowest BCUT2D eigenvalue weighted by molar-refractivity contribution is 0.445. The van der Waals surface area contributed by atoms with Crippen LogP contribution < -0.4 is 0 Å². The van der Waals surface area contributed by atoms with Crippen molar-refractivity contribution in [2.45, 2.75) is 36.1 Å². The quantitative estimate of drug-likeness (QED) is 0.497. The summed E-state index contributed by atoms with van der Waals surface area (Å²) in [5.74, 6) is 0.643. The van der Waals surface area contributed by atoms with Crippen molar-refractivity contribution in [1.82, 2.24) is 19.1 Å². The molecule has 1 atom stereocenters. The van der Waals surface area contributed by atoms with E-state index in [1.54, 1.807) is 30.0 Å². The van der Waals surface area contributed by atoms with E-state index in [2.05, 4.69) is 29.3 Å². The minimum atomic E-state index is -3.52. The summed E-state index contributed by atoms with van der Waals surface area (Å²) in [5.41, 5.74) is 1.95. The van der Waals surface area contributed by atoms with E-state index in [4.69, 9.17) is 0 Å². The lowest BCUT2D eigenvalue weighted by Gasteiger charge is -2.18. The number of nitrogens with zero attached hydrogens (tertiary/aromatic N) is 4. The Kier molecular flexibility index (Phi) is 6.77. The van der Waals surface area contributed by atoms with Crippen LogP contribution in [-0.2, 0) is 17.1 Å². The van der Waals surface area contributed by atoms with E-state index >= 15 is 0 Å². The van der Waals surface area contributed by atoms with E-state index in [-0.39, 0.29) is 10.1 Å². The first-order chi connectivity index (χ1) is 13.9. The van der Waals surface area contributed by atoms with Crippen LogP contribution >= 0.6 is 11.8 Å². The molecule has 0 saturated heterocycles. The summed E-state index contributed by atoms with van der Waals surface area (Å²) < 4.78 is 29.1. The predicted molar refractivity (Wildman–Crippen MR) is 117 cm³/mol. The smallest absolute Gasteiger partial charge is 0.243 e. The van der Waals surface area contributed by atoms with E-state index in [0.717, 1.165) is 10.7 Å². The average Bonchev–Trinajstić information content (AvgIpc) is 3.09. The second-order valence-electron chi connectivity index (χ2n) is 6.65. The zero-order valence-corrected chi connectivity index (χ0v) is 18.7. The third-order valence-electron chi connectivity index (χ3n) is 4.82. The molecule has 0 fully saturated rings. The van der Waals surface area contributed by atoms with Crippen LogP contribution in [0.2, 0.25) is 0 Å². The molecule has 0 aliphatic heterocycles. The van der Waals surface area contributed by atoms with Crippen molar-refractivity contribution in [1.29, 1.82) is 0 Å². The van der Waals surface area contributed by atoms with Crippen LogP contribution in [0.4, 0.5) is 0 Å². The Bertz CT molecular complexity index is 1060. The highest BCUT2D eigenvalue weighted by Crippen LogP contribution is 2.35. The van der Waals surface area contributed by atoms with Crippen LogP contribution in [-0.4, -0.2) is 40.6 Å². The first-order valence-corrected chi connectivity index (χ1v) is 11.9. The van der Waals surface area contributed by atoms with Gasteiger partial charge in [0.25, 0.3) is 0 Å². The van der Waals surface area contributed by atoms with E-state index in [0.29, 0.717) is 18.9 Å². The van der Waals surface area contributed by atoms with Gasteiger partial charge in [-0.15, -0.1) is 10.2 Å². The molecule has 0 bridgehead atoms. The highest BCUT2D eigenvalue weighted by atomic mass is 32.2. The van der Waals surface area contributed by atoms with E-state index in [9.17, 15) is 8.42 Å². The maximum atomic E-state index is 12.8. The molecule has 6 nitrogen and oxygen atoms in total. The standard InChI is InChI=1S/C21H26N4O2S2/c1-5-25(6-2)29(26,27)19-14-10-13-18(15-19)20-22-23-21(24(20)4)28-16(3)17-11-8-7-9-12-17/h7-16H,5-6H2,1-4H3. The van der Waals surface area contributed by atoms with Crippen molar-refractivity contribution < 1.29 is 8.42 Å². The summed E-state index contributed by atoms with van der Waals surface area (Å²) >= 11 is 1.62. The van der Waals surface area contributed by atoms with E-state index in [1.807, 2.05) is 49.7 Å². The number of rotatable bonds is 8. The molecule has 1 aromatic heterocycles. The van der Waals surface area contributed by atoms with Crippen molar-refractivity contribution in [2.75, 3.05) is 13.1 Å². The van der Waals surface area contributed by atoms with Gasteiger partial charge in [-0.3, -0.25) is 0 Å². The van der Waals surface area contributed by atoms with Gasteiger partial charge in [0.05, 0.1) is 4.90 Å². The summed E-state index contributed by atoms with van der Waals surface area (Å²) in [4.78, 5) is 0.272. The Morgan fingerprint density at radius 3 is 2.38 bits per heavy atom. The minimum Gasteiger partial charge on any atom is -0.305 e. The Morgan fingerprint density at radius 1 is 1.03 bits per heavy atom. The SMILES string of the molecule is CCN(CC)S(=O)(=O)c1cccc(-c2nnc(SC(C)c3ccccc3)n2C)c1. The zero-order chi connectivity index (χ0) is 21.0. The summed E-state index contributed by atoms with van der Waals surface area (Å²) in [6.45, 7) is 6.68. The van der Waals surface area contributed by atoms with Gasteiger partial charge in [0, 0.05) is 31.0 Å².